The second kappa shape index (κ2) is 6.12. The third-order valence-electron chi connectivity index (χ3n) is 3.04. The van der Waals surface area contributed by atoms with Crippen LogP contribution in [-0.2, 0) is 16.1 Å². The van der Waals surface area contributed by atoms with Crippen LogP contribution in [0.1, 0.15) is 35.3 Å². The highest BCUT2D eigenvalue weighted by atomic mass is 32.1. The molecule has 104 valence electrons. The van der Waals surface area contributed by atoms with Crippen LogP contribution in [0.3, 0.4) is 0 Å². The molecule has 1 amide bonds. The Kier molecular flexibility index (Phi) is 4.49. The molecule has 1 aliphatic heterocycles. The first-order valence-corrected chi connectivity index (χ1v) is 7.01. The van der Waals surface area contributed by atoms with Crippen LogP contribution in [0.25, 0.3) is 0 Å². The molecular formula is C12H16N2O4S. The van der Waals surface area contributed by atoms with Crippen molar-refractivity contribution in [1.29, 1.82) is 0 Å². The number of carbonyl (C=O) groups excluding carboxylic acids is 1. The van der Waals surface area contributed by atoms with Crippen molar-refractivity contribution in [2.24, 2.45) is 5.92 Å². The minimum absolute atomic E-state index is 0.0118. The molecule has 0 aromatic carbocycles. The van der Waals surface area contributed by atoms with Crippen molar-refractivity contribution in [3.63, 3.8) is 0 Å². The first-order chi connectivity index (χ1) is 9.06. The SMILES string of the molecule is C[C@H]1C[C@H](C(=O)NCc2nc(C(=O)O)cs2)CCO1. The molecule has 2 heterocycles. The summed E-state index contributed by atoms with van der Waals surface area (Å²) in [5.41, 5.74) is 0.0222. The average molecular weight is 284 g/mol. The highest BCUT2D eigenvalue weighted by Gasteiger charge is 2.25. The minimum atomic E-state index is -1.05. The Morgan fingerprint density at radius 3 is 3.05 bits per heavy atom. The van der Waals surface area contributed by atoms with Gasteiger partial charge < -0.3 is 15.2 Å². The molecule has 0 radical (unpaired) electrons. The molecule has 0 spiro atoms. The Morgan fingerprint density at radius 1 is 1.63 bits per heavy atom. The minimum Gasteiger partial charge on any atom is -0.476 e. The van der Waals surface area contributed by atoms with Crippen LogP contribution in [0.5, 0.6) is 0 Å². The number of aromatic nitrogens is 1. The normalized spacial score (nSPS) is 23.0. The monoisotopic (exact) mass is 284 g/mol. The molecule has 0 bridgehead atoms. The molecule has 0 saturated carbocycles. The van der Waals surface area contributed by atoms with Crippen molar-refractivity contribution in [3.8, 4) is 0 Å². The summed E-state index contributed by atoms with van der Waals surface area (Å²) in [6, 6.07) is 0. The van der Waals surface area contributed by atoms with Crippen molar-refractivity contribution < 1.29 is 19.4 Å². The molecule has 1 fully saturated rings. The first kappa shape index (κ1) is 14.0. The largest absolute Gasteiger partial charge is 0.476 e. The Labute approximate surface area is 114 Å². The first-order valence-electron chi connectivity index (χ1n) is 6.13. The molecule has 0 aliphatic carbocycles. The molecule has 7 heteroatoms. The predicted octanol–water partition coefficient (Wildman–Crippen LogP) is 1.27. The summed E-state index contributed by atoms with van der Waals surface area (Å²) in [5.74, 6) is -1.09. The lowest BCUT2D eigenvalue weighted by molar-refractivity contribution is -0.129. The van der Waals surface area contributed by atoms with Gasteiger partial charge in [0.25, 0.3) is 0 Å². The van der Waals surface area contributed by atoms with E-state index in [-0.39, 0.29) is 30.2 Å². The van der Waals surface area contributed by atoms with Gasteiger partial charge in [0.15, 0.2) is 5.69 Å². The summed E-state index contributed by atoms with van der Waals surface area (Å²) >= 11 is 1.24. The van der Waals surface area contributed by atoms with E-state index in [0.717, 1.165) is 12.8 Å². The summed E-state index contributed by atoms with van der Waals surface area (Å²) in [7, 11) is 0. The molecular weight excluding hydrogens is 268 g/mol. The topological polar surface area (TPSA) is 88.5 Å². The second-order valence-corrected chi connectivity index (χ2v) is 5.49. The van der Waals surface area contributed by atoms with Crippen LogP contribution in [0, 0.1) is 5.92 Å². The predicted molar refractivity (Wildman–Crippen MR) is 69.1 cm³/mol. The van der Waals surface area contributed by atoms with E-state index < -0.39 is 5.97 Å². The maximum absolute atomic E-state index is 12.0. The highest BCUT2D eigenvalue weighted by molar-refractivity contribution is 7.09. The van der Waals surface area contributed by atoms with Crippen LogP contribution in [0.4, 0.5) is 0 Å². The summed E-state index contributed by atoms with van der Waals surface area (Å²) in [4.78, 5) is 26.6. The van der Waals surface area contributed by atoms with Crippen LogP contribution >= 0.6 is 11.3 Å². The van der Waals surface area contributed by atoms with E-state index in [0.29, 0.717) is 11.6 Å². The number of rotatable bonds is 4. The van der Waals surface area contributed by atoms with Crippen molar-refractivity contribution in [2.75, 3.05) is 6.61 Å². The fourth-order valence-electron chi connectivity index (χ4n) is 2.03. The molecule has 2 N–H and O–H groups in total. The molecule has 2 rings (SSSR count). The Morgan fingerprint density at radius 2 is 2.42 bits per heavy atom. The number of carboxylic acid groups (broad SMARTS) is 1. The van der Waals surface area contributed by atoms with Gasteiger partial charge in [-0.1, -0.05) is 0 Å². The zero-order chi connectivity index (χ0) is 13.8. The van der Waals surface area contributed by atoms with E-state index in [1.807, 2.05) is 6.92 Å². The van der Waals surface area contributed by atoms with E-state index in [9.17, 15) is 9.59 Å². The summed E-state index contributed by atoms with van der Waals surface area (Å²) in [6.45, 7) is 2.85. The third kappa shape index (κ3) is 3.74. The summed E-state index contributed by atoms with van der Waals surface area (Å²) < 4.78 is 5.40. The lowest BCUT2D eigenvalue weighted by Gasteiger charge is -2.26. The standard InChI is InChI=1S/C12H16N2O4S/c1-7-4-8(2-3-18-7)11(15)13-5-10-14-9(6-19-10)12(16)17/h6-8H,2-5H2,1H3,(H,13,15)(H,16,17)/t7-,8+/m0/s1. The van der Waals surface area contributed by atoms with E-state index in [2.05, 4.69) is 10.3 Å². The Bertz CT molecular complexity index is 474. The maximum atomic E-state index is 12.0. The third-order valence-corrected chi connectivity index (χ3v) is 3.89. The number of hydrogen-bond acceptors (Lipinski definition) is 5. The lowest BCUT2D eigenvalue weighted by atomic mass is 9.95. The number of amides is 1. The van der Waals surface area contributed by atoms with Crippen molar-refractivity contribution >= 4 is 23.2 Å². The lowest BCUT2D eigenvalue weighted by Crippen LogP contribution is -2.36. The van der Waals surface area contributed by atoms with Crippen LogP contribution < -0.4 is 5.32 Å². The molecule has 1 aromatic heterocycles. The molecule has 19 heavy (non-hydrogen) atoms. The number of nitrogens with one attached hydrogen (secondary N) is 1. The van der Waals surface area contributed by atoms with E-state index in [4.69, 9.17) is 9.84 Å². The van der Waals surface area contributed by atoms with Crippen LogP contribution in [-0.4, -0.2) is 34.7 Å². The highest BCUT2D eigenvalue weighted by Crippen LogP contribution is 2.20. The smallest absolute Gasteiger partial charge is 0.355 e. The van der Waals surface area contributed by atoms with Crippen molar-refractivity contribution in [1.82, 2.24) is 10.3 Å². The van der Waals surface area contributed by atoms with Gasteiger partial charge in [0.1, 0.15) is 5.01 Å². The van der Waals surface area contributed by atoms with Gasteiger partial charge in [-0.05, 0) is 19.8 Å². The number of thiazole rings is 1. The van der Waals surface area contributed by atoms with Gasteiger partial charge >= 0.3 is 5.97 Å². The van der Waals surface area contributed by atoms with Gasteiger partial charge in [-0.15, -0.1) is 11.3 Å². The summed E-state index contributed by atoms with van der Waals surface area (Å²) in [6.07, 6.45) is 1.57. The summed E-state index contributed by atoms with van der Waals surface area (Å²) in [5, 5.41) is 13.6. The maximum Gasteiger partial charge on any atom is 0.355 e. The quantitative estimate of drug-likeness (QED) is 0.869. The van der Waals surface area contributed by atoms with Gasteiger partial charge in [0.2, 0.25) is 5.91 Å². The number of carbonyl (C=O) groups is 2. The zero-order valence-electron chi connectivity index (χ0n) is 10.6. The van der Waals surface area contributed by atoms with Gasteiger partial charge in [-0.25, -0.2) is 9.78 Å². The molecule has 1 aromatic rings. The fourth-order valence-corrected chi connectivity index (χ4v) is 2.74. The number of carboxylic acids is 1. The number of hydrogen-bond donors (Lipinski definition) is 2. The van der Waals surface area contributed by atoms with E-state index in [1.165, 1.54) is 16.7 Å². The molecule has 0 unspecified atom stereocenters. The average Bonchev–Trinajstić information content (AvgIpc) is 2.85. The number of aromatic carboxylic acids is 1. The van der Waals surface area contributed by atoms with Gasteiger partial charge in [-0.2, -0.15) is 0 Å². The Balaban J connectivity index is 1.84. The number of nitrogens with zero attached hydrogens (tertiary/aromatic N) is 1. The van der Waals surface area contributed by atoms with Gasteiger partial charge in [0, 0.05) is 17.9 Å². The molecule has 6 nitrogen and oxygen atoms in total. The molecule has 1 saturated heterocycles. The van der Waals surface area contributed by atoms with Crippen molar-refractivity contribution in [3.05, 3.63) is 16.1 Å². The van der Waals surface area contributed by atoms with E-state index in [1.54, 1.807) is 0 Å². The zero-order valence-corrected chi connectivity index (χ0v) is 11.4. The van der Waals surface area contributed by atoms with E-state index >= 15 is 0 Å². The van der Waals surface area contributed by atoms with Crippen LogP contribution in [0.2, 0.25) is 0 Å². The molecule has 2 atom stereocenters. The Hall–Kier alpha value is -1.47. The fraction of sp³-hybridized carbons (Fsp3) is 0.583. The molecule has 1 aliphatic rings. The van der Waals surface area contributed by atoms with Crippen molar-refractivity contribution in [2.45, 2.75) is 32.4 Å². The van der Waals surface area contributed by atoms with Crippen LogP contribution in [0.15, 0.2) is 5.38 Å². The second-order valence-electron chi connectivity index (χ2n) is 4.55. The number of ether oxygens (including phenoxy) is 1. The van der Waals surface area contributed by atoms with Gasteiger partial charge in [0.05, 0.1) is 12.6 Å². The van der Waals surface area contributed by atoms with Gasteiger partial charge in [-0.3, -0.25) is 4.79 Å².